The molecule has 2 N–H and O–H groups in total. The molecule has 0 unspecified atom stereocenters. The molecule has 150 valence electrons. The topological polar surface area (TPSA) is 95.6 Å². The second-order valence-corrected chi connectivity index (χ2v) is 9.72. The summed E-state index contributed by atoms with van der Waals surface area (Å²) in [6.45, 7) is 0.980. The maximum Gasteiger partial charge on any atom is 0.279 e. The Labute approximate surface area is 172 Å². The van der Waals surface area contributed by atoms with E-state index >= 15 is 0 Å². The van der Waals surface area contributed by atoms with Gasteiger partial charge in [0.25, 0.3) is 11.8 Å². The first-order valence-electron chi connectivity index (χ1n) is 9.15. The quantitative estimate of drug-likeness (QED) is 0.624. The lowest BCUT2D eigenvalue weighted by Crippen LogP contribution is -2.41. The monoisotopic (exact) mass is 429 g/mol. The first-order valence-corrected chi connectivity index (χ1v) is 11.4. The van der Waals surface area contributed by atoms with Crippen LogP contribution in [0.1, 0.15) is 32.9 Å². The number of carbonyl (C=O) groups excluding carboxylic acids is 2. The molecule has 2 heterocycles. The van der Waals surface area contributed by atoms with Crippen LogP contribution >= 0.6 is 11.3 Å². The standard InChI is InChI=1S/C20H19N3O4S2/c24-19(21-22-20(25)18-13-14-6-1-2-9-17(14)28-18)15-7-5-8-16(12-15)29(26,27)23-10-3-4-11-23/h1-2,5-9,12-13H,3-4,10-11H2,(H,21,24)(H,22,25). The summed E-state index contributed by atoms with van der Waals surface area (Å²) in [4.78, 5) is 25.3. The van der Waals surface area contributed by atoms with Gasteiger partial charge < -0.3 is 0 Å². The molecule has 7 nitrogen and oxygen atoms in total. The first kappa shape index (κ1) is 19.6. The van der Waals surface area contributed by atoms with Crippen molar-refractivity contribution >= 4 is 43.3 Å². The molecule has 4 rings (SSSR count). The molecular weight excluding hydrogens is 410 g/mol. The summed E-state index contributed by atoms with van der Waals surface area (Å²) in [5.74, 6) is -1.02. The van der Waals surface area contributed by atoms with Gasteiger partial charge in [0.15, 0.2) is 0 Å². The van der Waals surface area contributed by atoms with E-state index in [2.05, 4.69) is 10.9 Å². The van der Waals surface area contributed by atoms with E-state index in [1.165, 1.54) is 39.9 Å². The third kappa shape index (κ3) is 4.02. The molecule has 2 aromatic carbocycles. The molecule has 0 spiro atoms. The molecule has 0 saturated carbocycles. The fraction of sp³-hybridized carbons (Fsp3) is 0.200. The fourth-order valence-electron chi connectivity index (χ4n) is 3.22. The summed E-state index contributed by atoms with van der Waals surface area (Å²) in [5.41, 5.74) is 4.89. The number of amides is 2. The Morgan fingerprint density at radius 2 is 1.62 bits per heavy atom. The van der Waals surface area contributed by atoms with Crippen molar-refractivity contribution in [2.45, 2.75) is 17.7 Å². The van der Waals surface area contributed by atoms with Crippen LogP contribution < -0.4 is 10.9 Å². The lowest BCUT2D eigenvalue weighted by Gasteiger charge is -2.16. The molecule has 1 saturated heterocycles. The average Bonchev–Trinajstić information content (AvgIpc) is 3.42. The zero-order chi connectivity index (χ0) is 20.4. The molecule has 3 aromatic rings. The van der Waals surface area contributed by atoms with Gasteiger partial charge in [0.05, 0.1) is 9.77 Å². The highest BCUT2D eigenvalue weighted by Gasteiger charge is 2.27. The summed E-state index contributed by atoms with van der Waals surface area (Å²) < 4.78 is 27.7. The maximum atomic E-state index is 12.7. The molecule has 1 aromatic heterocycles. The van der Waals surface area contributed by atoms with Crippen molar-refractivity contribution in [1.29, 1.82) is 0 Å². The van der Waals surface area contributed by atoms with Crippen LogP contribution in [0.25, 0.3) is 10.1 Å². The van der Waals surface area contributed by atoms with Crippen LogP contribution in [0, 0.1) is 0 Å². The number of carbonyl (C=O) groups is 2. The number of hydrogen-bond acceptors (Lipinski definition) is 5. The minimum Gasteiger partial charge on any atom is -0.267 e. The van der Waals surface area contributed by atoms with Crippen molar-refractivity contribution in [3.8, 4) is 0 Å². The summed E-state index contributed by atoms with van der Waals surface area (Å²) in [5, 5.41) is 0.953. The molecular formula is C20H19N3O4S2. The Morgan fingerprint density at radius 1 is 0.897 bits per heavy atom. The predicted octanol–water partition coefficient (Wildman–Crippen LogP) is 2.76. The van der Waals surface area contributed by atoms with E-state index in [-0.39, 0.29) is 10.5 Å². The minimum atomic E-state index is -3.62. The van der Waals surface area contributed by atoms with Crippen molar-refractivity contribution in [2.24, 2.45) is 0 Å². The molecule has 1 fully saturated rings. The molecule has 2 amide bonds. The van der Waals surface area contributed by atoms with Crippen molar-refractivity contribution in [3.05, 3.63) is 65.0 Å². The summed E-state index contributed by atoms with van der Waals surface area (Å²) in [6.07, 6.45) is 1.67. The van der Waals surface area contributed by atoms with Gasteiger partial charge in [-0.15, -0.1) is 11.3 Å². The highest BCUT2D eigenvalue weighted by atomic mass is 32.2. The molecule has 0 radical (unpaired) electrons. The summed E-state index contributed by atoms with van der Waals surface area (Å²) in [6, 6.07) is 15.2. The largest absolute Gasteiger partial charge is 0.279 e. The molecule has 0 bridgehead atoms. The number of sulfonamides is 1. The van der Waals surface area contributed by atoms with Gasteiger partial charge in [0.2, 0.25) is 10.0 Å². The Hall–Kier alpha value is -2.75. The summed E-state index contributed by atoms with van der Waals surface area (Å²) in [7, 11) is -3.62. The van der Waals surface area contributed by atoms with Gasteiger partial charge in [0.1, 0.15) is 0 Å². The lowest BCUT2D eigenvalue weighted by atomic mass is 10.2. The van der Waals surface area contributed by atoms with Crippen LogP contribution in [0.15, 0.2) is 59.5 Å². The molecule has 29 heavy (non-hydrogen) atoms. The predicted molar refractivity (Wildman–Crippen MR) is 111 cm³/mol. The van der Waals surface area contributed by atoms with E-state index in [0.717, 1.165) is 22.9 Å². The minimum absolute atomic E-state index is 0.0721. The van der Waals surface area contributed by atoms with Crippen LogP contribution in [0.2, 0.25) is 0 Å². The SMILES string of the molecule is O=C(NNC(=O)c1cc2ccccc2s1)c1cccc(S(=O)(=O)N2CCCC2)c1. The van der Waals surface area contributed by atoms with E-state index in [4.69, 9.17) is 0 Å². The smallest absolute Gasteiger partial charge is 0.267 e. The van der Waals surface area contributed by atoms with Crippen molar-refractivity contribution < 1.29 is 18.0 Å². The zero-order valence-electron chi connectivity index (χ0n) is 15.4. The second-order valence-electron chi connectivity index (χ2n) is 6.70. The maximum absolute atomic E-state index is 12.7. The number of nitrogens with one attached hydrogen (secondary N) is 2. The lowest BCUT2D eigenvalue weighted by molar-refractivity contribution is 0.0849. The Bertz CT molecular complexity index is 1150. The van der Waals surface area contributed by atoms with Crippen LogP contribution in [0.4, 0.5) is 0 Å². The van der Waals surface area contributed by atoms with Gasteiger partial charge in [-0.1, -0.05) is 24.3 Å². The highest BCUT2D eigenvalue weighted by molar-refractivity contribution is 7.89. The number of thiophene rings is 1. The molecule has 1 aliphatic heterocycles. The third-order valence-electron chi connectivity index (χ3n) is 4.74. The number of hydrazine groups is 1. The van der Waals surface area contributed by atoms with Gasteiger partial charge in [-0.25, -0.2) is 8.42 Å². The Balaban J connectivity index is 1.45. The molecule has 1 aliphatic rings. The van der Waals surface area contributed by atoms with E-state index in [9.17, 15) is 18.0 Å². The number of benzene rings is 2. The Morgan fingerprint density at radius 3 is 2.38 bits per heavy atom. The third-order valence-corrected chi connectivity index (χ3v) is 7.75. The van der Waals surface area contributed by atoms with E-state index in [1.807, 2.05) is 24.3 Å². The van der Waals surface area contributed by atoms with Gasteiger partial charge >= 0.3 is 0 Å². The fourth-order valence-corrected chi connectivity index (χ4v) is 5.74. The van der Waals surface area contributed by atoms with Crippen molar-refractivity contribution in [1.82, 2.24) is 15.2 Å². The number of hydrogen-bond donors (Lipinski definition) is 2. The van der Waals surface area contributed by atoms with Gasteiger partial charge in [0, 0.05) is 23.4 Å². The molecule has 9 heteroatoms. The first-order chi connectivity index (χ1) is 13.9. The number of fused-ring (bicyclic) bond motifs is 1. The van der Waals surface area contributed by atoms with E-state index in [1.54, 1.807) is 6.07 Å². The van der Waals surface area contributed by atoms with Gasteiger partial charge in [-0.05, 0) is 48.6 Å². The number of nitrogens with zero attached hydrogens (tertiary/aromatic N) is 1. The second kappa shape index (κ2) is 7.94. The zero-order valence-corrected chi connectivity index (χ0v) is 17.1. The van der Waals surface area contributed by atoms with Gasteiger partial charge in [-0.2, -0.15) is 4.31 Å². The van der Waals surface area contributed by atoms with Crippen molar-refractivity contribution in [3.63, 3.8) is 0 Å². The van der Waals surface area contributed by atoms with E-state index in [0.29, 0.717) is 18.0 Å². The van der Waals surface area contributed by atoms with Crippen LogP contribution in [0.3, 0.4) is 0 Å². The highest BCUT2D eigenvalue weighted by Crippen LogP contribution is 2.25. The Kier molecular flexibility index (Phi) is 5.35. The van der Waals surface area contributed by atoms with E-state index < -0.39 is 21.8 Å². The van der Waals surface area contributed by atoms with Crippen LogP contribution in [-0.4, -0.2) is 37.6 Å². The van der Waals surface area contributed by atoms with Crippen LogP contribution in [-0.2, 0) is 10.0 Å². The van der Waals surface area contributed by atoms with Crippen LogP contribution in [0.5, 0.6) is 0 Å². The average molecular weight is 430 g/mol. The van der Waals surface area contributed by atoms with Gasteiger partial charge in [-0.3, -0.25) is 20.4 Å². The molecule has 0 atom stereocenters. The van der Waals surface area contributed by atoms with Crippen molar-refractivity contribution in [2.75, 3.05) is 13.1 Å². The normalized spacial score (nSPS) is 14.8. The summed E-state index contributed by atoms with van der Waals surface area (Å²) >= 11 is 1.32. The molecule has 0 aliphatic carbocycles. The number of rotatable bonds is 4.